The molecule has 0 radical (unpaired) electrons. The number of nitrogens with zero attached hydrogens (tertiary/aromatic N) is 3. The van der Waals surface area contributed by atoms with Gasteiger partial charge in [0.1, 0.15) is 11.9 Å². The number of halogens is 1. The fraction of sp³-hybridized carbons (Fsp3) is 0.412. The molecule has 1 atom stereocenters. The molecule has 0 saturated carbocycles. The zero-order valence-corrected chi connectivity index (χ0v) is 16.5. The Bertz CT molecular complexity index is 687. The van der Waals surface area contributed by atoms with Gasteiger partial charge in [-0.05, 0) is 31.2 Å². The van der Waals surface area contributed by atoms with E-state index in [1.54, 1.807) is 18.4 Å². The van der Waals surface area contributed by atoms with E-state index in [1.807, 2.05) is 55.6 Å². The second-order valence-electron chi connectivity index (χ2n) is 5.70. The van der Waals surface area contributed by atoms with E-state index in [0.717, 1.165) is 16.6 Å². The molecular weight excluding hydrogens is 358 g/mol. The van der Waals surface area contributed by atoms with Crippen LogP contribution in [0.2, 0.25) is 5.02 Å². The summed E-state index contributed by atoms with van der Waals surface area (Å²) in [6, 6.07) is 7.34. The number of rotatable bonds is 7. The molecule has 0 saturated heterocycles. The molecule has 8 heteroatoms. The van der Waals surface area contributed by atoms with Gasteiger partial charge in [-0.2, -0.15) is 0 Å². The van der Waals surface area contributed by atoms with Crippen LogP contribution in [0.15, 0.2) is 34.6 Å². The van der Waals surface area contributed by atoms with Gasteiger partial charge in [0.15, 0.2) is 11.1 Å². The summed E-state index contributed by atoms with van der Waals surface area (Å²) < 4.78 is 5.84. The number of thiazole rings is 1. The number of guanidine groups is 1. The van der Waals surface area contributed by atoms with Gasteiger partial charge in [0.25, 0.3) is 0 Å². The van der Waals surface area contributed by atoms with Crippen molar-refractivity contribution in [2.24, 2.45) is 4.99 Å². The lowest BCUT2D eigenvalue weighted by molar-refractivity contribution is 0.224. The SMILES string of the molecule is CN=C(NCc1csc(N(C)C)n1)NCC(C)Oc1ccc(Cl)cc1. The first-order chi connectivity index (χ1) is 12.0. The van der Waals surface area contributed by atoms with Gasteiger partial charge >= 0.3 is 0 Å². The Hall–Kier alpha value is -1.99. The van der Waals surface area contributed by atoms with Gasteiger partial charge in [0.2, 0.25) is 0 Å². The molecule has 0 bridgehead atoms. The first-order valence-corrected chi connectivity index (χ1v) is 9.22. The average molecular weight is 382 g/mol. The predicted octanol–water partition coefficient (Wildman–Crippen LogP) is 3.00. The molecule has 1 aromatic carbocycles. The highest BCUT2D eigenvalue weighted by Crippen LogP contribution is 2.18. The van der Waals surface area contributed by atoms with E-state index < -0.39 is 0 Å². The van der Waals surface area contributed by atoms with Crippen molar-refractivity contribution in [2.45, 2.75) is 19.6 Å². The normalized spacial score (nSPS) is 12.6. The molecular formula is C17H24ClN5OS. The second-order valence-corrected chi connectivity index (χ2v) is 6.98. The summed E-state index contributed by atoms with van der Waals surface area (Å²) in [7, 11) is 5.71. The third kappa shape index (κ3) is 6.43. The molecule has 2 rings (SSSR count). The Labute approximate surface area is 157 Å². The van der Waals surface area contributed by atoms with Gasteiger partial charge in [-0.3, -0.25) is 4.99 Å². The molecule has 136 valence electrons. The van der Waals surface area contributed by atoms with Crippen molar-refractivity contribution < 1.29 is 4.74 Å². The first-order valence-electron chi connectivity index (χ1n) is 7.96. The van der Waals surface area contributed by atoms with E-state index in [4.69, 9.17) is 16.3 Å². The van der Waals surface area contributed by atoms with Crippen molar-refractivity contribution in [2.75, 3.05) is 32.6 Å². The Morgan fingerprint density at radius 2 is 2.04 bits per heavy atom. The average Bonchev–Trinajstić information content (AvgIpc) is 3.06. The second kappa shape index (κ2) is 9.48. The summed E-state index contributed by atoms with van der Waals surface area (Å²) in [6.07, 6.45) is -0.0145. The molecule has 6 nitrogen and oxygen atoms in total. The largest absolute Gasteiger partial charge is 0.489 e. The molecule has 0 fully saturated rings. The maximum absolute atomic E-state index is 5.87. The topological polar surface area (TPSA) is 61.8 Å². The molecule has 0 aliphatic heterocycles. The van der Waals surface area contributed by atoms with Crippen molar-refractivity contribution in [1.29, 1.82) is 0 Å². The first kappa shape index (κ1) is 19.3. The molecule has 2 N–H and O–H groups in total. The molecule has 0 amide bonds. The van der Waals surface area contributed by atoms with Gasteiger partial charge in [0, 0.05) is 31.5 Å². The van der Waals surface area contributed by atoms with Crippen LogP contribution >= 0.6 is 22.9 Å². The fourth-order valence-corrected chi connectivity index (χ4v) is 2.89. The number of benzene rings is 1. The lowest BCUT2D eigenvalue weighted by Gasteiger charge is -2.17. The minimum atomic E-state index is -0.0145. The zero-order chi connectivity index (χ0) is 18.2. The molecule has 0 spiro atoms. The van der Waals surface area contributed by atoms with Crippen molar-refractivity contribution in [1.82, 2.24) is 15.6 Å². The molecule has 2 aromatic rings. The van der Waals surface area contributed by atoms with Crippen molar-refractivity contribution in [3.63, 3.8) is 0 Å². The molecule has 25 heavy (non-hydrogen) atoms. The summed E-state index contributed by atoms with van der Waals surface area (Å²) in [5.74, 6) is 1.51. The van der Waals surface area contributed by atoms with Crippen LogP contribution in [0, 0.1) is 0 Å². The summed E-state index contributed by atoms with van der Waals surface area (Å²) >= 11 is 7.50. The lowest BCUT2D eigenvalue weighted by atomic mass is 10.3. The smallest absolute Gasteiger partial charge is 0.191 e. The van der Waals surface area contributed by atoms with Crippen molar-refractivity contribution in [3.05, 3.63) is 40.4 Å². The number of nitrogens with one attached hydrogen (secondary N) is 2. The van der Waals surface area contributed by atoms with Crippen LogP contribution in [-0.4, -0.2) is 44.7 Å². The zero-order valence-electron chi connectivity index (χ0n) is 14.9. The van der Waals surface area contributed by atoms with Gasteiger partial charge in [-0.1, -0.05) is 11.6 Å². The summed E-state index contributed by atoms with van der Waals surface area (Å²) in [5.41, 5.74) is 0.988. The van der Waals surface area contributed by atoms with E-state index in [-0.39, 0.29) is 6.10 Å². The number of ether oxygens (including phenoxy) is 1. The molecule has 1 aromatic heterocycles. The third-order valence-electron chi connectivity index (χ3n) is 3.29. The Morgan fingerprint density at radius 1 is 1.32 bits per heavy atom. The molecule has 1 unspecified atom stereocenters. The van der Waals surface area contributed by atoms with Crippen LogP contribution in [-0.2, 0) is 6.54 Å². The maximum atomic E-state index is 5.87. The van der Waals surface area contributed by atoms with Crippen LogP contribution in [0.25, 0.3) is 0 Å². The van der Waals surface area contributed by atoms with Crippen LogP contribution in [0.1, 0.15) is 12.6 Å². The van der Waals surface area contributed by atoms with Crippen LogP contribution < -0.4 is 20.3 Å². The molecule has 1 heterocycles. The van der Waals surface area contributed by atoms with Gasteiger partial charge < -0.3 is 20.3 Å². The number of anilines is 1. The Kier molecular flexibility index (Phi) is 7.33. The minimum Gasteiger partial charge on any atom is -0.489 e. The van der Waals surface area contributed by atoms with Crippen LogP contribution in [0.5, 0.6) is 5.75 Å². The van der Waals surface area contributed by atoms with E-state index >= 15 is 0 Å². The third-order valence-corrected chi connectivity index (χ3v) is 4.60. The van der Waals surface area contributed by atoms with Crippen molar-refractivity contribution >= 4 is 34.0 Å². The minimum absolute atomic E-state index is 0.0145. The summed E-state index contributed by atoms with van der Waals surface area (Å²) in [6.45, 7) is 3.25. The standard InChI is InChI=1S/C17H24ClN5OS/c1-12(24-15-7-5-13(18)6-8-15)9-20-16(19-2)21-10-14-11-25-17(22-14)23(3)4/h5-8,11-12H,9-10H2,1-4H3,(H2,19,20,21). The summed E-state index contributed by atoms with van der Waals surface area (Å²) in [5, 5.41) is 10.2. The van der Waals surface area contributed by atoms with Crippen LogP contribution in [0.4, 0.5) is 5.13 Å². The maximum Gasteiger partial charge on any atom is 0.191 e. The fourth-order valence-electron chi connectivity index (χ4n) is 2.01. The highest BCUT2D eigenvalue weighted by Gasteiger charge is 2.07. The van der Waals surface area contributed by atoms with Crippen LogP contribution in [0.3, 0.4) is 0 Å². The number of hydrogen-bond donors (Lipinski definition) is 2. The van der Waals surface area contributed by atoms with Crippen molar-refractivity contribution in [3.8, 4) is 5.75 Å². The number of aliphatic imine (C=N–C) groups is 1. The monoisotopic (exact) mass is 381 g/mol. The summed E-state index contributed by atoms with van der Waals surface area (Å²) in [4.78, 5) is 10.8. The van der Waals surface area contributed by atoms with Gasteiger partial charge in [-0.25, -0.2) is 4.98 Å². The number of aromatic nitrogens is 1. The van der Waals surface area contributed by atoms with E-state index in [2.05, 4.69) is 20.6 Å². The lowest BCUT2D eigenvalue weighted by Crippen LogP contribution is -2.41. The van der Waals surface area contributed by atoms with E-state index in [9.17, 15) is 0 Å². The Balaban J connectivity index is 1.76. The molecule has 0 aliphatic carbocycles. The highest BCUT2D eigenvalue weighted by molar-refractivity contribution is 7.13. The Morgan fingerprint density at radius 3 is 2.64 bits per heavy atom. The van der Waals surface area contributed by atoms with E-state index in [0.29, 0.717) is 24.1 Å². The highest BCUT2D eigenvalue weighted by atomic mass is 35.5. The quantitative estimate of drug-likeness (QED) is 0.570. The van der Waals surface area contributed by atoms with Gasteiger partial charge in [-0.15, -0.1) is 11.3 Å². The number of hydrogen-bond acceptors (Lipinski definition) is 5. The van der Waals surface area contributed by atoms with Gasteiger partial charge in [0.05, 0.1) is 18.8 Å². The molecule has 0 aliphatic rings. The van der Waals surface area contributed by atoms with E-state index in [1.165, 1.54) is 0 Å². The predicted molar refractivity (Wildman–Crippen MR) is 106 cm³/mol.